The van der Waals surface area contributed by atoms with Gasteiger partial charge in [-0.15, -0.1) is 0 Å². The first-order valence-corrected chi connectivity index (χ1v) is 9.27. The Bertz CT molecular complexity index is 730. The standard InChI is InChI=1S/C21H28N4O/c1-21(2,25-13-10-18-7-3-4-8-19(18)15-25)16-24-20(26)23-12-9-17-6-5-11-22-14-17/h3-8,11,14H,9-10,12-13,15-16H2,1-2H3,(H2,23,24,26). The number of hydrogen-bond acceptors (Lipinski definition) is 3. The molecule has 2 amide bonds. The van der Waals surface area contributed by atoms with Gasteiger partial charge in [-0.25, -0.2) is 4.79 Å². The van der Waals surface area contributed by atoms with E-state index >= 15 is 0 Å². The third-order valence-corrected chi connectivity index (χ3v) is 5.09. The van der Waals surface area contributed by atoms with E-state index in [2.05, 4.69) is 58.6 Å². The molecule has 0 aliphatic carbocycles. The van der Waals surface area contributed by atoms with Crippen molar-refractivity contribution >= 4 is 6.03 Å². The van der Waals surface area contributed by atoms with Crippen molar-refractivity contribution in [1.82, 2.24) is 20.5 Å². The van der Waals surface area contributed by atoms with Gasteiger partial charge in [-0.2, -0.15) is 0 Å². The Morgan fingerprint density at radius 1 is 1.15 bits per heavy atom. The second-order valence-corrected chi connectivity index (χ2v) is 7.47. The number of amides is 2. The Hall–Kier alpha value is -2.40. The Balaban J connectivity index is 1.43. The fourth-order valence-corrected chi connectivity index (χ4v) is 3.35. The summed E-state index contributed by atoms with van der Waals surface area (Å²) in [6, 6.07) is 12.4. The number of benzene rings is 1. The highest BCUT2D eigenvalue weighted by Gasteiger charge is 2.29. The number of carbonyl (C=O) groups is 1. The molecule has 0 unspecified atom stereocenters. The summed E-state index contributed by atoms with van der Waals surface area (Å²) in [5.41, 5.74) is 3.88. The number of hydrogen-bond donors (Lipinski definition) is 2. The number of aromatic nitrogens is 1. The monoisotopic (exact) mass is 352 g/mol. The molecule has 0 fully saturated rings. The van der Waals surface area contributed by atoms with Crippen molar-refractivity contribution in [2.24, 2.45) is 0 Å². The van der Waals surface area contributed by atoms with Gasteiger partial charge in [-0.3, -0.25) is 9.88 Å². The fourth-order valence-electron chi connectivity index (χ4n) is 3.35. The molecule has 3 rings (SSSR count). The maximum atomic E-state index is 12.1. The maximum absolute atomic E-state index is 12.1. The van der Waals surface area contributed by atoms with E-state index < -0.39 is 0 Å². The number of carbonyl (C=O) groups excluding carboxylic acids is 1. The molecule has 26 heavy (non-hydrogen) atoms. The molecule has 2 heterocycles. The number of pyridine rings is 1. The van der Waals surface area contributed by atoms with Gasteiger partial charge >= 0.3 is 6.03 Å². The zero-order chi connectivity index (χ0) is 18.4. The van der Waals surface area contributed by atoms with Gasteiger partial charge in [0.1, 0.15) is 0 Å². The third kappa shape index (κ3) is 4.82. The average molecular weight is 352 g/mol. The van der Waals surface area contributed by atoms with Crippen LogP contribution in [0.4, 0.5) is 4.79 Å². The number of nitrogens with one attached hydrogen (secondary N) is 2. The van der Waals surface area contributed by atoms with Gasteiger partial charge < -0.3 is 10.6 Å². The molecule has 2 N–H and O–H groups in total. The van der Waals surface area contributed by atoms with Crippen molar-refractivity contribution in [3.63, 3.8) is 0 Å². The maximum Gasteiger partial charge on any atom is 0.314 e. The van der Waals surface area contributed by atoms with Crippen molar-refractivity contribution in [2.45, 2.75) is 38.8 Å². The minimum absolute atomic E-state index is 0.0891. The third-order valence-electron chi connectivity index (χ3n) is 5.09. The molecule has 0 spiro atoms. The highest BCUT2D eigenvalue weighted by atomic mass is 16.2. The van der Waals surface area contributed by atoms with Gasteiger partial charge in [0.25, 0.3) is 0 Å². The van der Waals surface area contributed by atoms with Crippen molar-refractivity contribution in [1.29, 1.82) is 0 Å². The molecule has 0 radical (unpaired) electrons. The molecule has 5 heteroatoms. The van der Waals surface area contributed by atoms with Crippen molar-refractivity contribution in [3.05, 3.63) is 65.5 Å². The van der Waals surface area contributed by atoms with Gasteiger partial charge in [0, 0.05) is 44.1 Å². The number of fused-ring (bicyclic) bond motifs is 1. The summed E-state index contributed by atoms with van der Waals surface area (Å²) in [5.74, 6) is 0. The second-order valence-electron chi connectivity index (χ2n) is 7.47. The van der Waals surface area contributed by atoms with E-state index in [0.717, 1.165) is 31.5 Å². The number of nitrogens with zero attached hydrogens (tertiary/aromatic N) is 2. The normalized spacial score (nSPS) is 14.5. The highest BCUT2D eigenvalue weighted by molar-refractivity contribution is 5.73. The molecule has 1 aliphatic heterocycles. The first-order valence-electron chi connectivity index (χ1n) is 9.27. The van der Waals surface area contributed by atoms with Crippen LogP contribution in [0, 0.1) is 0 Å². The van der Waals surface area contributed by atoms with Gasteiger partial charge in [0.15, 0.2) is 0 Å². The Labute approximate surface area is 155 Å². The van der Waals surface area contributed by atoms with Crippen LogP contribution in [0.1, 0.15) is 30.5 Å². The van der Waals surface area contributed by atoms with Crippen LogP contribution >= 0.6 is 0 Å². The Kier molecular flexibility index (Phi) is 5.89. The summed E-state index contributed by atoms with van der Waals surface area (Å²) < 4.78 is 0. The molecule has 1 aliphatic rings. The predicted molar refractivity (Wildman–Crippen MR) is 104 cm³/mol. The van der Waals surface area contributed by atoms with Crippen LogP contribution < -0.4 is 10.6 Å². The van der Waals surface area contributed by atoms with Gasteiger partial charge in [0.05, 0.1) is 0 Å². The van der Waals surface area contributed by atoms with E-state index in [0.29, 0.717) is 13.1 Å². The summed E-state index contributed by atoms with van der Waals surface area (Å²) in [4.78, 5) is 18.6. The van der Waals surface area contributed by atoms with Gasteiger partial charge in [-0.05, 0) is 49.4 Å². The summed E-state index contributed by atoms with van der Waals surface area (Å²) in [6.45, 7) is 7.57. The SMILES string of the molecule is CC(C)(CNC(=O)NCCc1cccnc1)N1CCc2ccccc2C1. The Morgan fingerprint density at radius 3 is 2.73 bits per heavy atom. The molecular weight excluding hydrogens is 324 g/mol. The highest BCUT2D eigenvalue weighted by Crippen LogP contribution is 2.24. The molecule has 0 atom stereocenters. The van der Waals surface area contributed by atoms with E-state index in [1.54, 1.807) is 6.20 Å². The minimum atomic E-state index is -0.112. The van der Waals surface area contributed by atoms with Crippen molar-refractivity contribution < 1.29 is 4.79 Å². The summed E-state index contributed by atoms with van der Waals surface area (Å²) in [6.07, 6.45) is 5.44. The molecule has 0 saturated heterocycles. The average Bonchev–Trinajstić information content (AvgIpc) is 2.67. The van der Waals surface area contributed by atoms with E-state index in [-0.39, 0.29) is 11.6 Å². The lowest BCUT2D eigenvalue weighted by atomic mass is 9.94. The van der Waals surface area contributed by atoms with Crippen molar-refractivity contribution in [2.75, 3.05) is 19.6 Å². The largest absolute Gasteiger partial charge is 0.338 e. The molecule has 1 aromatic carbocycles. The molecule has 0 bridgehead atoms. The molecule has 0 saturated carbocycles. The zero-order valence-electron chi connectivity index (χ0n) is 15.7. The molecule has 138 valence electrons. The quantitative estimate of drug-likeness (QED) is 0.840. The lowest BCUT2D eigenvalue weighted by molar-refractivity contribution is 0.104. The van der Waals surface area contributed by atoms with Crippen molar-refractivity contribution in [3.8, 4) is 0 Å². The first kappa shape index (κ1) is 18.4. The van der Waals surface area contributed by atoms with Crippen LogP contribution in [-0.2, 0) is 19.4 Å². The van der Waals surface area contributed by atoms with Gasteiger partial charge in [-0.1, -0.05) is 30.3 Å². The predicted octanol–water partition coefficient (Wildman–Crippen LogP) is 2.76. The van der Waals surface area contributed by atoms with Crippen LogP contribution in [0.25, 0.3) is 0 Å². The number of urea groups is 1. The Morgan fingerprint density at radius 2 is 1.96 bits per heavy atom. The van der Waals surface area contributed by atoms with Crippen LogP contribution in [0.2, 0.25) is 0 Å². The second kappa shape index (κ2) is 8.32. The lowest BCUT2D eigenvalue weighted by Crippen LogP contribution is -2.54. The molecule has 5 nitrogen and oxygen atoms in total. The van der Waals surface area contributed by atoms with Gasteiger partial charge in [0.2, 0.25) is 0 Å². The van der Waals surface area contributed by atoms with E-state index in [4.69, 9.17) is 0 Å². The molecule has 1 aromatic heterocycles. The topological polar surface area (TPSA) is 57.3 Å². The van der Waals surface area contributed by atoms with Crippen LogP contribution in [0.15, 0.2) is 48.8 Å². The van der Waals surface area contributed by atoms with Crippen LogP contribution in [0.3, 0.4) is 0 Å². The summed E-state index contributed by atoms with van der Waals surface area (Å²) in [5, 5.41) is 5.95. The lowest BCUT2D eigenvalue weighted by Gasteiger charge is -2.41. The van der Waals surface area contributed by atoms with E-state index in [1.165, 1.54) is 11.1 Å². The number of rotatable bonds is 6. The summed E-state index contributed by atoms with van der Waals surface area (Å²) >= 11 is 0. The first-order chi connectivity index (χ1) is 12.5. The van der Waals surface area contributed by atoms with Crippen LogP contribution in [-0.4, -0.2) is 41.1 Å². The smallest absolute Gasteiger partial charge is 0.314 e. The van der Waals surface area contributed by atoms with E-state index in [9.17, 15) is 4.79 Å². The molecular formula is C21H28N4O. The van der Waals surface area contributed by atoms with Crippen LogP contribution in [0.5, 0.6) is 0 Å². The fraction of sp³-hybridized carbons (Fsp3) is 0.429. The minimum Gasteiger partial charge on any atom is -0.338 e. The zero-order valence-corrected chi connectivity index (χ0v) is 15.7. The summed E-state index contributed by atoms with van der Waals surface area (Å²) in [7, 11) is 0. The van der Waals surface area contributed by atoms with E-state index in [1.807, 2.05) is 18.3 Å². The molecule has 2 aromatic rings.